The highest BCUT2D eigenvalue weighted by atomic mass is 32.2. The molecule has 24 heavy (non-hydrogen) atoms. The minimum Gasteiger partial charge on any atom is -0.497 e. The van der Waals surface area contributed by atoms with Crippen LogP contribution in [0.1, 0.15) is 23.7 Å². The minimum atomic E-state index is -3.61. The molecular weight excluding hydrogens is 346 g/mol. The van der Waals surface area contributed by atoms with Crippen LogP contribution >= 0.6 is 11.8 Å². The average molecular weight is 367 g/mol. The highest BCUT2D eigenvalue weighted by Crippen LogP contribution is 2.41. The van der Waals surface area contributed by atoms with Crippen LogP contribution in [0.5, 0.6) is 5.75 Å². The van der Waals surface area contributed by atoms with Crippen LogP contribution in [0.3, 0.4) is 0 Å². The Hall–Kier alpha value is -1.51. The number of nitrogens with zero attached hydrogens (tertiary/aromatic N) is 3. The van der Waals surface area contributed by atoms with E-state index in [1.165, 1.54) is 0 Å². The number of benzene rings is 1. The van der Waals surface area contributed by atoms with Crippen molar-refractivity contribution in [3.8, 4) is 5.75 Å². The van der Waals surface area contributed by atoms with Crippen LogP contribution in [0.2, 0.25) is 0 Å². The molecular formula is C16H21N3O3S2. The highest BCUT2D eigenvalue weighted by Gasteiger charge is 2.38. The Kier molecular flexibility index (Phi) is 4.89. The van der Waals surface area contributed by atoms with Crippen molar-refractivity contribution in [2.24, 2.45) is 0 Å². The van der Waals surface area contributed by atoms with Crippen molar-refractivity contribution in [1.82, 2.24) is 13.9 Å². The number of ether oxygens (including phenoxy) is 1. The van der Waals surface area contributed by atoms with Crippen molar-refractivity contribution in [2.75, 3.05) is 19.4 Å². The van der Waals surface area contributed by atoms with Gasteiger partial charge in [-0.1, -0.05) is 12.1 Å². The molecule has 1 atom stereocenters. The Morgan fingerprint density at radius 1 is 1.33 bits per heavy atom. The number of aromatic nitrogens is 2. The molecule has 0 spiro atoms. The van der Waals surface area contributed by atoms with Gasteiger partial charge in [0.2, 0.25) is 0 Å². The zero-order chi connectivity index (χ0) is 17.3. The number of thioether (sulfide) groups is 1. The molecule has 2 heterocycles. The molecule has 8 heteroatoms. The summed E-state index contributed by atoms with van der Waals surface area (Å²) in [6, 6.07) is 7.55. The van der Waals surface area contributed by atoms with Crippen LogP contribution < -0.4 is 4.74 Å². The van der Waals surface area contributed by atoms with E-state index in [0.29, 0.717) is 18.9 Å². The van der Waals surface area contributed by atoms with E-state index in [1.807, 2.05) is 42.7 Å². The fourth-order valence-corrected chi connectivity index (χ4v) is 6.01. The maximum Gasteiger partial charge on any atom is 0.263 e. The summed E-state index contributed by atoms with van der Waals surface area (Å²) in [5.41, 5.74) is 0.952. The molecule has 0 radical (unpaired) electrons. The third-order valence-corrected chi connectivity index (χ3v) is 7.25. The quantitative estimate of drug-likeness (QED) is 0.813. The van der Waals surface area contributed by atoms with E-state index < -0.39 is 10.0 Å². The zero-order valence-corrected chi connectivity index (χ0v) is 15.6. The van der Waals surface area contributed by atoms with Gasteiger partial charge in [0, 0.05) is 25.0 Å². The first kappa shape index (κ1) is 17.3. The van der Waals surface area contributed by atoms with Gasteiger partial charge in [-0.2, -0.15) is 4.31 Å². The van der Waals surface area contributed by atoms with E-state index in [2.05, 4.69) is 4.98 Å². The van der Waals surface area contributed by atoms with Crippen LogP contribution in [0, 0.1) is 6.92 Å². The van der Waals surface area contributed by atoms with Crippen molar-refractivity contribution >= 4 is 21.8 Å². The lowest BCUT2D eigenvalue weighted by Gasteiger charge is -2.22. The van der Waals surface area contributed by atoms with E-state index in [0.717, 1.165) is 17.1 Å². The van der Waals surface area contributed by atoms with Gasteiger partial charge < -0.3 is 9.30 Å². The van der Waals surface area contributed by atoms with Crippen LogP contribution in [0.15, 0.2) is 35.5 Å². The number of sulfonamides is 1. The van der Waals surface area contributed by atoms with Gasteiger partial charge in [0.25, 0.3) is 10.0 Å². The summed E-state index contributed by atoms with van der Waals surface area (Å²) in [6.07, 6.45) is 1.62. The molecule has 1 fully saturated rings. The summed E-state index contributed by atoms with van der Waals surface area (Å²) in [6.45, 7) is 4.98. The van der Waals surface area contributed by atoms with E-state index in [9.17, 15) is 8.42 Å². The monoisotopic (exact) mass is 367 g/mol. The van der Waals surface area contributed by atoms with E-state index in [1.54, 1.807) is 29.4 Å². The summed E-state index contributed by atoms with van der Waals surface area (Å²) < 4.78 is 34.6. The van der Waals surface area contributed by atoms with Crippen LogP contribution in [0.4, 0.5) is 0 Å². The maximum absolute atomic E-state index is 13.0. The van der Waals surface area contributed by atoms with Gasteiger partial charge in [-0.25, -0.2) is 13.4 Å². The summed E-state index contributed by atoms with van der Waals surface area (Å²) >= 11 is 1.63. The summed E-state index contributed by atoms with van der Waals surface area (Å²) in [7, 11) is -2.00. The van der Waals surface area contributed by atoms with E-state index in [-0.39, 0.29) is 10.4 Å². The van der Waals surface area contributed by atoms with Gasteiger partial charge in [-0.05, 0) is 31.5 Å². The van der Waals surface area contributed by atoms with E-state index >= 15 is 0 Å². The number of aryl methyl sites for hydroxylation is 2. The number of hydrogen-bond acceptors (Lipinski definition) is 5. The number of hydrogen-bond donors (Lipinski definition) is 0. The summed E-state index contributed by atoms with van der Waals surface area (Å²) in [4.78, 5) is 4.26. The van der Waals surface area contributed by atoms with Crippen LogP contribution in [-0.2, 0) is 16.6 Å². The van der Waals surface area contributed by atoms with Crippen molar-refractivity contribution in [2.45, 2.75) is 30.8 Å². The highest BCUT2D eigenvalue weighted by molar-refractivity contribution is 8.00. The first-order valence-corrected chi connectivity index (χ1v) is 10.3. The molecule has 0 bridgehead atoms. The predicted octanol–water partition coefficient (Wildman–Crippen LogP) is 2.66. The van der Waals surface area contributed by atoms with Crippen molar-refractivity contribution < 1.29 is 13.2 Å². The van der Waals surface area contributed by atoms with E-state index in [4.69, 9.17) is 4.74 Å². The SMILES string of the molecule is CCn1cc(S(=O)(=O)N2CCSC2c2ccc(OC)cc2)nc1C. The van der Waals surface area contributed by atoms with Gasteiger partial charge in [0.05, 0.1) is 12.5 Å². The second-order valence-electron chi connectivity index (χ2n) is 5.52. The summed E-state index contributed by atoms with van der Waals surface area (Å²) in [5, 5.41) is -0.101. The second kappa shape index (κ2) is 6.78. The third kappa shape index (κ3) is 3.05. The molecule has 0 N–H and O–H groups in total. The topological polar surface area (TPSA) is 64.4 Å². The molecule has 130 valence electrons. The first-order valence-electron chi connectivity index (χ1n) is 7.78. The standard InChI is InChI=1S/C16H21N3O3S2/c1-4-18-11-15(17-12(18)2)24(20,21)19-9-10-23-16(19)13-5-7-14(22-3)8-6-13/h5-8,11,16H,4,9-10H2,1-3H3. The van der Waals surface area contributed by atoms with Gasteiger partial charge >= 0.3 is 0 Å². The number of rotatable bonds is 5. The smallest absolute Gasteiger partial charge is 0.263 e. The van der Waals surface area contributed by atoms with Crippen molar-refractivity contribution in [1.29, 1.82) is 0 Å². The van der Waals surface area contributed by atoms with Crippen LogP contribution in [0.25, 0.3) is 0 Å². The Bertz CT molecular complexity index is 816. The maximum atomic E-state index is 13.0. The molecule has 1 saturated heterocycles. The van der Waals surface area contributed by atoms with Gasteiger partial charge in [-0.3, -0.25) is 0 Å². The normalized spacial score (nSPS) is 18.9. The lowest BCUT2D eigenvalue weighted by molar-refractivity contribution is 0.413. The predicted molar refractivity (Wildman–Crippen MR) is 94.7 cm³/mol. The molecule has 0 amide bonds. The second-order valence-corrected chi connectivity index (χ2v) is 8.55. The fourth-order valence-electron chi connectivity index (χ4n) is 2.78. The lowest BCUT2D eigenvalue weighted by Crippen LogP contribution is -2.30. The molecule has 1 unspecified atom stereocenters. The van der Waals surface area contributed by atoms with Gasteiger partial charge in [0.15, 0.2) is 5.03 Å². The molecule has 1 aromatic carbocycles. The third-order valence-electron chi connectivity index (χ3n) is 4.12. The molecule has 3 rings (SSSR count). The molecule has 1 aromatic heterocycles. The fraction of sp³-hybridized carbons (Fsp3) is 0.438. The van der Waals surface area contributed by atoms with Gasteiger partial charge in [-0.15, -0.1) is 11.8 Å². The average Bonchev–Trinajstić information content (AvgIpc) is 3.22. The molecule has 0 saturated carbocycles. The molecule has 0 aliphatic carbocycles. The Labute approximate surface area is 146 Å². The van der Waals surface area contributed by atoms with Crippen molar-refractivity contribution in [3.05, 3.63) is 41.9 Å². The largest absolute Gasteiger partial charge is 0.497 e. The van der Waals surface area contributed by atoms with Gasteiger partial charge in [0.1, 0.15) is 11.6 Å². The number of imidazole rings is 1. The molecule has 6 nitrogen and oxygen atoms in total. The minimum absolute atomic E-state index is 0.128. The molecule has 1 aliphatic rings. The van der Waals surface area contributed by atoms with Crippen molar-refractivity contribution in [3.63, 3.8) is 0 Å². The molecule has 1 aliphatic heterocycles. The molecule has 2 aromatic rings. The first-order chi connectivity index (χ1) is 11.5. The summed E-state index contributed by atoms with van der Waals surface area (Å²) in [5.74, 6) is 2.24. The zero-order valence-electron chi connectivity index (χ0n) is 14.0. The number of methoxy groups -OCH3 is 1. The Balaban J connectivity index is 1.93. The van der Waals surface area contributed by atoms with Crippen LogP contribution in [-0.4, -0.2) is 41.7 Å². The Morgan fingerprint density at radius 3 is 2.62 bits per heavy atom. The lowest BCUT2D eigenvalue weighted by atomic mass is 10.2. The Morgan fingerprint density at radius 2 is 2.04 bits per heavy atom.